The van der Waals surface area contributed by atoms with E-state index in [1.165, 1.54) is 24.3 Å². The Labute approximate surface area is 137 Å². The van der Waals surface area contributed by atoms with Gasteiger partial charge in [0.2, 0.25) is 0 Å². The van der Waals surface area contributed by atoms with Gasteiger partial charge in [0, 0.05) is 13.1 Å². The number of hydrogen-bond donors (Lipinski definition) is 1. The summed E-state index contributed by atoms with van der Waals surface area (Å²) in [6.07, 6.45) is -4.12. The average molecular weight is 344 g/mol. The van der Waals surface area contributed by atoms with Crippen molar-refractivity contribution in [3.05, 3.63) is 29.8 Å². The van der Waals surface area contributed by atoms with Crippen LogP contribution in [0.15, 0.2) is 24.3 Å². The molecule has 0 aromatic heterocycles. The molecule has 3 rings (SSSR count). The van der Waals surface area contributed by atoms with Crippen LogP contribution in [0.5, 0.6) is 5.75 Å². The summed E-state index contributed by atoms with van der Waals surface area (Å²) in [7, 11) is 0. The van der Waals surface area contributed by atoms with Crippen molar-refractivity contribution in [2.45, 2.75) is 19.4 Å². The lowest BCUT2D eigenvalue weighted by atomic mass is 9.89. The minimum atomic E-state index is -4.71. The first-order valence-corrected chi connectivity index (χ1v) is 7.88. The van der Waals surface area contributed by atoms with Crippen molar-refractivity contribution in [1.82, 2.24) is 10.2 Å². The highest BCUT2D eigenvalue weighted by Gasteiger charge is 2.35. The van der Waals surface area contributed by atoms with Crippen molar-refractivity contribution >= 4 is 6.09 Å². The highest BCUT2D eigenvalue weighted by atomic mass is 19.4. The van der Waals surface area contributed by atoms with Crippen LogP contribution in [0.25, 0.3) is 0 Å². The van der Waals surface area contributed by atoms with Crippen LogP contribution in [0.1, 0.15) is 12.0 Å². The first-order chi connectivity index (χ1) is 11.4. The quantitative estimate of drug-likeness (QED) is 0.916. The smallest absolute Gasteiger partial charge is 0.445 e. The Hall–Kier alpha value is -1.96. The van der Waals surface area contributed by atoms with Gasteiger partial charge in [-0.05, 0) is 49.0 Å². The fourth-order valence-corrected chi connectivity index (χ4v) is 3.22. The molecule has 2 heterocycles. The van der Waals surface area contributed by atoms with Gasteiger partial charge in [-0.2, -0.15) is 0 Å². The van der Waals surface area contributed by atoms with E-state index < -0.39 is 6.36 Å². The van der Waals surface area contributed by atoms with E-state index in [1.54, 1.807) is 4.90 Å². The number of fused-ring (bicyclic) bond motifs is 1. The van der Waals surface area contributed by atoms with E-state index in [4.69, 9.17) is 4.74 Å². The molecular formula is C16H19F3N2O3. The van der Waals surface area contributed by atoms with E-state index in [0.717, 1.165) is 19.5 Å². The number of hydrogen-bond acceptors (Lipinski definition) is 4. The number of ether oxygens (including phenoxy) is 2. The standard InChI is InChI=1S/C16H19F3N2O3/c17-16(18,19)24-14-3-1-11(2-4-14)10-23-15(22)21-6-5-12-7-20-8-13(12)9-21/h1-4,12-13,20H,5-10H2/t12-,13+/m1/s1. The van der Waals surface area contributed by atoms with Crippen LogP contribution in [0, 0.1) is 11.8 Å². The second-order valence-electron chi connectivity index (χ2n) is 6.16. The maximum atomic E-state index is 12.1. The normalized spacial score (nSPS) is 23.7. The largest absolute Gasteiger partial charge is 0.573 e. The Morgan fingerprint density at radius 1 is 1.21 bits per heavy atom. The third kappa shape index (κ3) is 4.31. The van der Waals surface area contributed by atoms with Gasteiger partial charge in [0.15, 0.2) is 0 Å². The van der Waals surface area contributed by atoms with Crippen LogP contribution >= 0.6 is 0 Å². The number of alkyl halides is 3. The molecule has 1 aromatic rings. The van der Waals surface area contributed by atoms with Gasteiger partial charge in [-0.25, -0.2) is 4.79 Å². The fraction of sp³-hybridized carbons (Fsp3) is 0.562. The summed E-state index contributed by atoms with van der Waals surface area (Å²) in [5, 5.41) is 3.33. The van der Waals surface area contributed by atoms with E-state index in [1.807, 2.05) is 0 Å². The van der Waals surface area contributed by atoms with Crippen molar-refractivity contribution in [2.24, 2.45) is 11.8 Å². The van der Waals surface area contributed by atoms with Gasteiger partial charge in [-0.3, -0.25) is 0 Å². The van der Waals surface area contributed by atoms with Crippen LogP contribution in [0.2, 0.25) is 0 Å². The third-order valence-electron chi connectivity index (χ3n) is 4.48. The lowest BCUT2D eigenvalue weighted by molar-refractivity contribution is -0.274. The maximum absolute atomic E-state index is 12.1. The monoisotopic (exact) mass is 344 g/mol. The summed E-state index contributed by atoms with van der Waals surface area (Å²) in [6.45, 7) is 3.33. The molecule has 1 amide bonds. The highest BCUT2D eigenvalue weighted by Crippen LogP contribution is 2.27. The van der Waals surface area contributed by atoms with Crippen molar-refractivity contribution in [2.75, 3.05) is 26.2 Å². The van der Waals surface area contributed by atoms with Crippen LogP contribution in [0.4, 0.5) is 18.0 Å². The number of carbonyl (C=O) groups is 1. The van der Waals surface area contributed by atoms with Gasteiger partial charge in [0.25, 0.3) is 0 Å². The fourth-order valence-electron chi connectivity index (χ4n) is 3.22. The zero-order chi connectivity index (χ0) is 17.2. The van der Waals surface area contributed by atoms with Crippen molar-refractivity contribution in [3.8, 4) is 5.75 Å². The lowest BCUT2D eigenvalue weighted by Crippen LogP contribution is -2.43. The van der Waals surface area contributed by atoms with E-state index in [2.05, 4.69) is 10.1 Å². The molecule has 2 aliphatic rings. The summed E-state index contributed by atoms with van der Waals surface area (Å²) in [4.78, 5) is 13.8. The molecule has 5 nitrogen and oxygen atoms in total. The minimum absolute atomic E-state index is 0.0218. The van der Waals surface area contributed by atoms with E-state index in [9.17, 15) is 18.0 Å². The first-order valence-electron chi connectivity index (χ1n) is 7.88. The predicted octanol–water partition coefficient (Wildman–Crippen LogP) is 2.76. The summed E-state index contributed by atoms with van der Waals surface area (Å²) in [6, 6.07) is 5.29. The molecule has 0 aliphatic carbocycles. The SMILES string of the molecule is O=C(OCc1ccc(OC(F)(F)F)cc1)N1CC[C@@H]2CNC[C@H]2C1. The summed E-state index contributed by atoms with van der Waals surface area (Å²) in [5.41, 5.74) is 0.607. The Balaban J connectivity index is 1.47. The molecule has 0 unspecified atom stereocenters. The van der Waals surface area contributed by atoms with E-state index >= 15 is 0 Å². The molecule has 1 aromatic carbocycles. The topological polar surface area (TPSA) is 50.8 Å². The minimum Gasteiger partial charge on any atom is -0.445 e. The van der Waals surface area contributed by atoms with Crippen molar-refractivity contribution in [3.63, 3.8) is 0 Å². The molecular weight excluding hydrogens is 325 g/mol. The molecule has 2 saturated heterocycles. The van der Waals surface area contributed by atoms with Crippen LogP contribution in [-0.2, 0) is 11.3 Å². The third-order valence-corrected chi connectivity index (χ3v) is 4.48. The predicted molar refractivity (Wildman–Crippen MR) is 79.3 cm³/mol. The number of nitrogens with zero attached hydrogens (tertiary/aromatic N) is 1. The molecule has 132 valence electrons. The van der Waals surface area contributed by atoms with Crippen molar-refractivity contribution < 1.29 is 27.4 Å². The van der Waals surface area contributed by atoms with Crippen LogP contribution < -0.4 is 10.1 Å². The molecule has 24 heavy (non-hydrogen) atoms. The summed E-state index contributed by atoms with van der Waals surface area (Å²) >= 11 is 0. The molecule has 0 radical (unpaired) electrons. The molecule has 8 heteroatoms. The number of amides is 1. The number of nitrogens with one attached hydrogen (secondary N) is 1. The number of benzene rings is 1. The second kappa shape index (κ2) is 6.88. The molecule has 2 fully saturated rings. The number of piperidine rings is 1. The molecule has 2 atom stereocenters. The number of halogens is 3. The zero-order valence-electron chi connectivity index (χ0n) is 13.0. The van der Waals surface area contributed by atoms with Crippen LogP contribution in [0.3, 0.4) is 0 Å². The Morgan fingerprint density at radius 2 is 1.92 bits per heavy atom. The van der Waals surface area contributed by atoms with Gasteiger partial charge >= 0.3 is 12.5 Å². The average Bonchev–Trinajstić information content (AvgIpc) is 3.00. The Kier molecular flexibility index (Phi) is 4.84. The lowest BCUT2D eigenvalue weighted by Gasteiger charge is -2.33. The number of rotatable bonds is 3. The first kappa shape index (κ1) is 16.9. The van der Waals surface area contributed by atoms with Gasteiger partial charge < -0.3 is 19.7 Å². The Bertz CT molecular complexity index is 577. The molecule has 0 bridgehead atoms. The number of likely N-dealkylation sites (tertiary alicyclic amines) is 1. The van der Waals surface area contributed by atoms with Gasteiger partial charge in [-0.15, -0.1) is 13.2 Å². The van der Waals surface area contributed by atoms with E-state index in [0.29, 0.717) is 30.5 Å². The maximum Gasteiger partial charge on any atom is 0.573 e. The van der Waals surface area contributed by atoms with Crippen LogP contribution in [-0.4, -0.2) is 43.5 Å². The second-order valence-corrected chi connectivity index (χ2v) is 6.16. The van der Waals surface area contributed by atoms with Gasteiger partial charge in [0.05, 0.1) is 0 Å². The van der Waals surface area contributed by atoms with E-state index in [-0.39, 0.29) is 18.4 Å². The molecule has 1 N–H and O–H groups in total. The van der Waals surface area contributed by atoms with Crippen molar-refractivity contribution in [1.29, 1.82) is 0 Å². The van der Waals surface area contributed by atoms with Gasteiger partial charge in [0.1, 0.15) is 12.4 Å². The summed E-state index contributed by atoms with van der Waals surface area (Å²) < 4.78 is 45.3. The Morgan fingerprint density at radius 3 is 2.62 bits per heavy atom. The zero-order valence-corrected chi connectivity index (χ0v) is 13.0. The highest BCUT2D eigenvalue weighted by molar-refractivity contribution is 5.67. The molecule has 2 aliphatic heterocycles. The molecule has 0 saturated carbocycles. The molecule has 0 spiro atoms. The van der Waals surface area contributed by atoms with Gasteiger partial charge in [-0.1, -0.05) is 12.1 Å². The summed E-state index contributed by atoms with van der Waals surface area (Å²) in [5.74, 6) is 0.814. The number of carbonyl (C=O) groups excluding carboxylic acids is 1.